The average Bonchev–Trinajstić information content (AvgIpc) is 2.34. The van der Waals surface area contributed by atoms with E-state index in [2.05, 4.69) is 25.7 Å². The van der Waals surface area contributed by atoms with Crippen molar-refractivity contribution in [2.24, 2.45) is 5.73 Å². The summed E-state index contributed by atoms with van der Waals surface area (Å²) in [6.07, 6.45) is 5.43. The fourth-order valence-corrected chi connectivity index (χ4v) is 2.44. The maximum Gasteiger partial charge on any atom is 0.0431 e. The molecule has 0 heterocycles. The zero-order valence-electron chi connectivity index (χ0n) is 11.3. The van der Waals surface area contributed by atoms with Crippen LogP contribution in [-0.2, 0) is 0 Å². The highest BCUT2D eigenvalue weighted by atomic mass is 16.2. The Kier molecular flexibility index (Phi) is 8.90. The molecule has 0 aromatic rings. The lowest BCUT2D eigenvalue weighted by atomic mass is 9.90. The minimum absolute atomic E-state index is 0.188. The Labute approximate surface area is 101 Å². The standard InChI is InChI=1S/C13H30N2O/c1-4-13(5-2,12-14)15(6-3)10-8-7-9-11-16/h16H,4-12,14H2,1-3H3. The molecule has 0 aliphatic carbocycles. The van der Waals surface area contributed by atoms with Gasteiger partial charge in [-0.05, 0) is 45.2 Å². The molecule has 98 valence electrons. The Morgan fingerprint density at radius 2 is 1.69 bits per heavy atom. The van der Waals surface area contributed by atoms with Crippen LogP contribution in [0.5, 0.6) is 0 Å². The van der Waals surface area contributed by atoms with Gasteiger partial charge in [-0.25, -0.2) is 0 Å². The summed E-state index contributed by atoms with van der Waals surface area (Å²) in [5.41, 5.74) is 6.14. The number of hydrogen-bond donors (Lipinski definition) is 2. The summed E-state index contributed by atoms with van der Waals surface area (Å²) in [4.78, 5) is 2.52. The lowest BCUT2D eigenvalue weighted by Crippen LogP contribution is -2.53. The van der Waals surface area contributed by atoms with Crippen LogP contribution in [0.3, 0.4) is 0 Å². The molecule has 3 N–H and O–H groups in total. The zero-order chi connectivity index (χ0) is 12.4. The molecule has 0 aliphatic heterocycles. The summed E-state index contributed by atoms with van der Waals surface area (Å²) in [6.45, 7) is 9.90. The van der Waals surface area contributed by atoms with Crippen LogP contribution in [0.15, 0.2) is 0 Å². The number of unbranched alkanes of at least 4 members (excludes halogenated alkanes) is 2. The maximum absolute atomic E-state index is 8.75. The highest BCUT2D eigenvalue weighted by molar-refractivity contribution is 4.88. The van der Waals surface area contributed by atoms with Gasteiger partial charge in [0.05, 0.1) is 0 Å². The molecule has 0 fully saturated rings. The zero-order valence-corrected chi connectivity index (χ0v) is 11.3. The van der Waals surface area contributed by atoms with E-state index in [1.165, 1.54) is 0 Å². The van der Waals surface area contributed by atoms with Gasteiger partial charge in [0.2, 0.25) is 0 Å². The predicted molar refractivity (Wildman–Crippen MR) is 70.6 cm³/mol. The molecular formula is C13H30N2O. The van der Waals surface area contributed by atoms with Crippen molar-refractivity contribution in [2.75, 3.05) is 26.2 Å². The molecule has 0 rings (SSSR count). The quantitative estimate of drug-likeness (QED) is 0.564. The lowest BCUT2D eigenvalue weighted by Gasteiger charge is -2.42. The molecule has 0 aromatic heterocycles. The van der Waals surface area contributed by atoms with E-state index >= 15 is 0 Å². The van der Waals surface area contributed by atoms with Gasteiger partial charge in [0.15, 0.2) is 0 Å². The minimum atomic E-state index is 0.188. The second-order valence-corrected chi connectivity index (χ2v) is 4.50. The van der Waals surface area contributed by atoms with E-state index in [9.17, 15) is 0 Å². The number of likely N-dealkylation sites (N-methyl/N-ethyl adjacent to an activating group) is 1. The minimum Gasteiger partial charge on any atom is -0.396 e. The first-order chi connectivity index (χ1) is 7.70. The largest absolute Gasteiger partial charge is 0.396 e. The molecule has 0 bridgehead atoms. The van der Waals surface area contributed by atoms with Crippen LogP contribution < -0.4 is 5.73 Å². The van der Waals surface area contributed by atoms with E-state index in [0.717, 1.165) is 51.7 Å². The Hall–Kier alpha value is -0.120. The number of nitrogens with zero attached hydrogens (tertiary/aromatic N) is 1. The molecule has 16 heavy (non-hydrogen) atoms. The van der Waals surface area contributed by atoms with Gasteiger partial charge in [-0.2, -0.15) is 0 Å². The van der Waals surface area contributed by atoms with Crippen LogP contribution >= 0.6 is 0 Å². The molecular weight excluding hydrogens is 200 g/mol. The van der Waals surface area contributed by atoms with Crippen LogP contribution in [-0.4, -0.2) is 41.8 Å². The predicted octanol–water partition coefficient (Wildman–Crippen LogP) is 1.99. The topological polar surface area (TPSA) is 49.5 Å². The van der Waals surface area contributed by atoms with Gasteiger partial charge in [-0.3, -0.25) is 4.90 Å². The molecule has 0 spiro atoms. The third kappa shape index (κ3) is 4.40. The summed E-state index contributed by atoms with van der Waals surface area (Å²) in [6, 6.07) is 0. The second kappa shape index (κ2) is 8.97. The first-order valence-electron chi connectivity index (χ1n) is 6.76. The van der Waals surface area contributed by atoms with Crippen LogP contribution in [0, 0.1) is 0 Å². The van der Waals surface area contributed by atoms with E-state index in [4.69, 9.17) is 10.8 Å². The molecule has 0 aromatic carbocycles. The molecule has 0 aliphatic rings. The Bertz CT molecular complexity index is 150. The van der Waals surface area contributed by atoms with E-state index in [1.54, 1.807) is 0 Å². The Morgan fingerprint density at radius 1 is 1.06 bits per heavy atom. The van der Waals surface area contributed by atoms with Crippen LogP contribution in [0.2, 0.25) is 0 Å². The van der Waals surface area contributed by atoms with Gasteiger partial charge in [-0.1, -0.05) is 20.8 Å². The van der Waals surface area contributed by atoms with Gasteiger partial charge in [0.25, 0.3) is 0 Å². The van der Waals surface area contributed by atoms with Crippen molar-refractivity contribution in [3.63, 3.8) is 0 Å². The first kappa shape index (κ1) is 15.9. The Morgan fingerprint density at radius 3 is 2.06 bits per heavy atom. The molecule has 0 unspecified atom stereocenters. The van der Waals surface area contributed by atoms with Crippen molar-refractivity contribution in [3.8, 4) is 0 Å². The van der Waals surface area contributed by atoms with Crippen LogP contribution in [0.25, 0.3) is 0 Å². The second-order valence-electron chi connectivity index (χ2n) is 4.50. The molecule has 0 saturated carbocycles. The van der Waals surface area contributed by atoms with Gasteiger partial charge >= 0.3 is 0 Å². The Balaban J connectivity index is 4.21. The number of rotatable bonds is 10. The van der Waals surface area contributed by atoms with Crippen LogP contribution in [0.1, 0.15) is 52.9 Å². The highest BCUT2D eigenvalue weighted by Crippen LogP contribution is 2.23. The van der Waals surface area contributed by atoms with E-state index in [0.29, 0.717) is 6.61 Å². The summed E-state index contributed by atoms with van der Waals surface area (Å²) < 4.78 is 0. The highest BCUT2D eigenvalue weighted by Gasteiger charge is 2.30. The van der Waals surface area contributed by atoms with E-state index in [1.807, 2.05) is 0 Å². The van der Waals surface area contributed by atoms with Gasteiger partial charge in [0, 0.05) is 18.7 Å². The van der Waals surface area contributed by atoms with Crippen LogP contribution in [0.4, 0.5) is 0 Å². The normalized spacial score (nSPS) is 12.4. The molecule has 0 radical (unpaired) electrons. The number of aliphatic hydroxyl groups is 1. The summed E-state index contributed by atoms with van der Waals surface area (Å²) in [7, 11) is 0. The van der Waals surface area contributed by atoms with E-state index < -0.39 is 0 Å². The van der Waals surface area contributed by atoms with Gasteiger partial charge < -0.3 is 10.8 Å². The molecule has 3 nitrogen and oxygen atoms in total. The SMILES string of the molecule is CCN(CCCCCO)C(CC)(CC)CN. The smallest absolute Gasteiger partial charge is 0.0431 e. The third-order valence-corrected chi connectivity index (χ3v) is 3.83. The molecule has 0 atom stereocenters. The lowest BCUT2D eigenvalue weighted by molar-refractivity contribution is 0.0881. The number of nitrogens with two attached hydrogens (primary N) is 1. The van der Waals surface area contributed by atoms with Gasteiger partial charge in [-0.15, -0.1) is 0 Å². The first-order valence-corrected chi connectivity index (χ1v) is 6.76. The van der Waals surface area contributed by atoms with Crippen molar-refractivity contribution in [2.45, 2.75) is 58.4 Å². The van der Waals surface area contributed by atoms with Crippen molar-refractivity contribution in [1.82, 2.24) is 4.90 Å². The van der Waals surface area contributed by atoms with Crippen molar-refractivity contribution in [3.05, 3.63) is 0 Å². The van der Waals surface area contributed by atoms with Gasteiger partial charge in [0.1, 0.15) is 0 Å². The van der Waals surface area contributed by atoms with E-state index in [-0.39, 0.29) is 5.54 Å². The molecule has 3 heteroatoms. The van der Waals surface area contributed by atoms with Crippen molar-refractivity contribution in [1.29, 1.82) is 0 Å². The fraction of sp³-hybridized carbons (Fsp3) is 1.00. The van der Waals surface area contributed by atoms with Crippen molar-refractivity contribution >= 4 is 0 Å². The molecule has 0 amide bonds. The monoisotopic (exact) mass is 230 g/mol. The third-order valence-electron chi connectivity index (χ3n) is 3.83. The number of hydrogen-bond acceptors (Lipinski definition) is 3. The summed E-state index contributed by atoms with van der Waals surface area (Å²) in [5, 5.41) is 8.75. The van der Waals surface area contributed by atoms with Crippen molar-refractivity contribution < 1.29 is 5.11 Å². The average molecular weight is 230 g/mol. The summed E-state index contributed by atoms with van der Waals surface area (Å²) in [5.74, 6) is 0. The number of aliphatic hydroxyl groups excluding tert-OH is 1. The molecule has 0 saturated heterocycles. The fourth-order valence-electron chi connectivity index (χ4n) is 2.44. The maximum atomic E-state index is 8.75. The summed E-state index contributed by atoms with van der Waals surface area (Å²) >= 11 is 0.